The highest BCUT2D eigenvalue weighted by atomic mass is 127. The van der Waals surface area contributed by atoms with Crippen molar-refractivity contribution in [2.75, 3.05) is 0 Å². The van der Waals surface area contributed by atoms with Crippen molar-refractivity contribution in [1.29, 1.82) is 0 Å². The summed E-state index contributed by atoms with van der Waals surface area (Å²) >= 11 is 1.65. The summed E-state index contributed by atoms with van der Waals surface area (Å²) in [6, 6.07) is 2.59. The third-order valence-electron chi connectivity index (χ3n) is 1.19. The molecule has 0 saturated heterocycles. The minimum atomic E-state index is -1.08. The molecule has 0 heterocycles. The Morgan fingerprint density at radius 2 is 1.91 bits per heavy atom. The van der Waals surface area contributed by atoms with Crippen LogP contribution in [0, 0.1) is 15.2 Å². The maximum absolute atomic E-state index is 12.7. The van der Waals surface area contributed by atoms with Gasteiger partial charge in [0.15, 0.2) is 17.9 Å². The van der Waals surface area contributed by atoms with Gasteiger partial charge in [-0.25, -0.2) is 8.78 Å². The van der Waals surface area contributed by atoms with E-state index < -0.39 is 11.6 Å². The van der Waals surface area contributed by atoms with Crippen LogP contribution in [0.2, 0.25) is 0 Å². The van der Waals surface area contributed by atoms with Crippen LogP contribution >= 0.6 is 22.6 Å². The zero-order valence-electron chi connectivity index (χ0n) is 5.27. The topological polar surface area (TPSA) is 17.1 Å². The van der Waals surface area contributed by atoms with Gasteiger partial charge in [0.25, 0.3) is 0 Å². The summed E-state index contributed by atoms with van der Waals surface area (Å²) in [6.07, 6.45) is 0.286. The van der Waals surface area contributed by atoms with Crippen molar-refractivity contribution in [3.05, 3.63) is 32.9 Å². The fourth-order valence-corrected chi connectivity index (χ4v) is 1.05. The highest BCUT2D eigenvalue weighted by molar-refractivity contribution is 14.1. The SMILES string of the molecule is O=Cc1ccc(I)c(F)c1F. The predicted molar refractivity (Wildman–Crippen MR) is 44.5 cm³/mol. The van der Waals surface area contributed by atoms with E-state index in [4.69, 9.17) is 0 Å². The molecule has 0 aliphatic heterocycles. The molecule has 1 aromatic rings. The lowest BCUT2D eigenvalue weighted by Gasteiger charge is -1.97. The number of hydrogen-bond acceptors (Lipinski definition) is 1. The minimum absolute atomic E-state index is 0.172. The zero-order valence-corrected chi connectivity index (χ0v) is 7.43. The second-order valence-electron chi connectivity index (χ2n) is 1.88. The Hall–Kier alpha value is -0.520. The van der Waals surface area contributed by atoms with E-state index in [-0.39, 0.29) is 15.4 Å². The van der Waals surface area contributed by atoms with E-state index in [1.165, 1.54) is 12.1 Å². The number of rotatable bonds is 1. The average molecular weight is 268 g/mol. The normalized spacial score (nSPS) is 9.73. The Kier molecular flexibility index (Phi) is 2.53. The smallest absolute Gasteiger partial charge is 0.172 e. The molecular formula is C7H3F2IO. The van der Waals surface area contributed by atoms with Crippen molar-refractivity contribution >= 4 is 28.9 Å². The first-order chi connectivity index (χ1) is 5.16. The van der Waals surface area contributed by atoms with Crippen molar-refractivity contribution in [3.8, 4) is 0 Å². The largest absolute Gasteiger partial charge is 0.298 e. The minimum Gasteiger partial charge on any atom is -0.298 e. The number of halogens is 3. The van der Waals surface area contributed by atoms with Crippen LogP contribution in [0.5, 0.6) is 0 Å². The lowest BCUT2D eigenvalue weighted by atomic mass is 10.2. The molecule has 0 fully saturated rings. The van der Waals surface area contributed by atoms with Crippen LogP contribution in [0.25, 0.3) is 0 Å². The highest BCUT2D eigenvalue weighted by Crippen LogP contribution is 2.16. The van der Waals surface area contributed by atoms with Gasteiger partial charge in [-0.1, -0.05) is 0 Å². The quantitative estimate of drug-likeness (QED) is 0.434. The monoisotopic (exact) mass is 268 g/mol. The Morgan fingerprint density at radius 3 is 2.45 bits per heavy atom. The third-order valence-corrected chi connectivity index (χ3v) is 2.03. The molecule has 0 amide bonds. The summed E-state index contributed by atoms with van der Waals surface area (Å²) in [5.74, 6) is -2.04. The van der Waals surface area contributed by atoms with Crippen LogP contribution in [-0.4, -0.2) is 6.29 Å². The van der Waals surface area contributed by atoms with E-state index in [1.807, 2.05) is 0 Å². The fraction of sp³-hybridized carbons (Fsp3) is 0. The van der Waals surface area contributed by atoms with Gasteiger partial charge in [-0.05, 0) is 34.7 Å². The van der Waals surface area contributed by atoms with E-state index in [9.17, 15) is 13.6 Å². The molecule has 0 bridgehead atoms. The highest BCUT2D eigenvalue weighted by Gasteiger charge is 2.09. The van der Waals surface area contributed by atoms with Crippen molar-refractivity contribution in [2.45, 2.75) is 0 Å². The first kappa shape index (κ1) is 8.58. The molecule has 0 radical (unpaired) electrons. The van der Waals surface area contributed by atoms with Crippen molar-refractivity contribution in [2.24, 2.45) is 0 Å². The number of hydrogen-bond donors (Lipinski definition) is 0. The molecule has 1 aromatic carbocycles. The van der Waals surface area contributed by atoms with E-state index in [0.717, 1.165) is 0 Å². The summed E-state index contributed by atoms with van der Waals surface area (Å²) in [5.41, 5.74) is -0.247. The lowest BCUT2D eigenvalue weighted by Crippen LogP contribution is -1.94. The Labute approximate surface area is 75.6 Å². The van der Waals surface area contributed by atoms with Crippen molar-refractivity contribution in [1.82, 2.24) is 0 Å². The molecule has 0 aliphatic rings. The molecule has 1 rings (SSSR count). The van der Waals surface area contributed by atoms with E-state index in [2.05, 4.69) is 0 Å². The summed E-state index contributed by atoms with van der Waals surface area (Å²) in [7, 11) is 0. The van der Waals surface area contributed by atoms with Gasteiger partial charge in [0, 0.05) is 0 Å². The Balaban J connectivity index is 3.36. The Bertz CT molecular complexity index is 299. The summed E-state index contributed by atoms with van der Waals surface area (Å²) in [5, 5.41) is 0. The third kappa shape index (κ3) is 1.55. The van der Waals surface area contributed by atoms with E-state index in [1.54, 1.807) is 22.6 Å². The standard InChI is InChI=1S/C7H3F2IO/c8-6-4(3-11)1-2-5(10)7(6)9/h1-3H. The van der Waals surface area contributed by atoms with Crippen LogP contribution in [0.15, 0.2) is 12.1 Å². The van der Waals surface area contributed by atoms with Crippen molar-refractivity contribution in [3.63, 3.8) is 0 Å². The molecule has 1 nitrogen and oxygen atoms in total. The molecule has 0 N–H and O–H groups in total. The number of carbonyl (C=O) groups is 1. The molecule has 0 aliphatic carbocycles. The molecular weight excluding hydrogens is 265 g/mol. The molecule has 4 heteroatoms. The van der Waals surface area contributed by atoms with E-state index >= 15 is 0 Å². The second-order valence-corrected chi connectivity index (χ2v) is 3.04. The van der Waals surface area contributed by atoms with Crippen LogP contribution in [0.3, 0.4) is 0 Å². The number of aldehydes is 1. The number of carbonyl (C=O) groups excluding carboxylic acids is 1. The molecule has 0 unspecified atom stereocenters. The predicted octanol–water partition coefficient (Wildman–Crippen LogP) is 2.38. The summed E-state index contributed by atoms with van der Waals surface area (Å²) in [4.78, 5) is 10.1. The Morgan fingerprint density at radius 1 is 1.27 bits per heavy atom. The van der Waals surface area contributed by atoms with Crippen LogP contribution in [0.1, 0.15) is 10.4 Å². The van der Waals surface area contributed by atoms with E-state index in [0.29, 0.717) is 0 Å². The van der Waals surface area contributed by atoms with Gasteiger partial charge < -0.3 is 0 Å². The molecule has 0 aromatic heterocycles. The first-order valence-corrected chi connectivity index (χ1v) is 3.83. The van der Waals surface area contributed by atoms with Gasteiger partial charge in [-0.3, -0.25) is 4.79 Å². The van der Waals surface area contributed by atoms with Crippen LogP contribution < -0.4 is 0 Å². The molecule has 0 spiro atoms. The molecule has 58 valence electrons. The molecule has 0 atom stereocenters. The van der Waals surface area contributed by atoms with Crippen molar-refractivity contribution < 1.29 is 13.6 Å². The maximum Gasteiger partial charge on any atom is 0.172 e. The van der Waals surface area contributed by atoms with Gasteiger partial charge >= 0.3 is 0 Å². The van der Waals surface area contributed by atoms with Gasteiger partial charge in [-0.2, -0.15) is 0 Å². The van der Waals surface area contributed by atoms with Gasteiger partial charge in [-0.15, -0.1) is 0 Å². The first-order valence-electron chi connectivity index (χ1n) is 2.75. The average Bonchev–Trinajstić information content (AvgIpc) is 2.01. The second kappa shape index (κ2) is 3.25. The van der Waals surface area contributed by atoms with Gasteiger partial charge in [0.2, 0.25) is 0 Å². The zero-order chi connectivity index (χ0) is 8.43. The van der Waals surface area contributed by atoms with Crippen LogP contribution in [-0.2, 0) is 0 Å². The lowest BCUT2D eigenvalue weighted by molar-refractivity contribution is 0.111. The van der Waals surface area contributed by atoms with Crippen LogP contribution in [0.4, 0.5) is 8.78 Å². The summed E-state index contributed by atoms with van der Waals surface area (Å²) in [6.45, 7) is 0. The number of benzene rings is 1. The molecule has 0 saturated carbocycles. The molecule has 11 heavy (non-hydrogen) atoms. The maximum atomic E-state index is 12.7. The van der Waals surface area contributed by atoms with Gasteiger partial charge in [0.1, 0.15) is 0 Å². The fourth-order valence-electron chi connectivity index (χ4n) is 0.632. The summed E-state index contributed by atoms with van der Waals surface area (Å²) < 4.78 is 25.5. The van der Waals surface area contributed by atoms with Gasteiger partial charge in [0.05, 0.1) is 9.13 Å².